The van der Waals surface area contributed by atoms with E-state index in [1.165, 1.54) is 24.3 Å². The molecule has 33 heavy (non-hydrogen) atoms. The van der Waals surface area contributed by atoms with Crippen LogP contribution in [0.25, 0.3) is 0 Å². The van der Waals surface area contributed by atoms with Gasteiger partial charge in [-0.15, -0.1) is 0 Å². The SMILES string of the molecule is Cc1ccc(C(=O)Oc2ccc(C(=O)COC(=O)CCC(=O)Nc3ccccc3)cc2)cc1. The highest BCUT2D eigenvalue weighted by atomic mass is 16.5. The standard InChI is InChI=1S/C26H23NO6/c1-18-7-9-20(10-8-18)26(31)33-22-13-11-19(12-14-22)23(28)17-32-25(30)16-15-24(29)27-21-5-3-2-4-6-21/h2-14H,15-17H2,1H3,(H,27,29). The second kappa shape index (κ2) is 11.4. The Balaban J connectivity index is 1.41. The van der Waals surface area contributed by atoms with Gasteiger partial charge in [-0.3, -0.25) is 14.4 Å². The quantitative estimate of drug-likeness (QED) is 0.299. The molecule has 0 atom stereocenters. The summed E-state index contributed by atoms with van der Waals surface area (Å²) < 4.78 is 10.3. The van der Waals surface area contributed by atoms with Gasteiger partial charge in [-0.2, -0.15) is 0 Å². The Bertz CT molecular complexity index is 1120. The minimum Gasteiger partial charge on any atom is -0.457 e. The molecule has 7 heteroatoms. The summed E-state index contributed by atoms with van der Waals surface area (Å²) >= 11 is 0. The Morgan fingerprint density at radius 1 is 0.758 bits per heavy atom. The van der Waals surface area contributed by atoms with Crippen molar-refractivity contribution in [3.63, 3.8) is 0 Å². The number of anilines is 1. The minimum absolute atomic E-state index is 0.0526. The molecule has 0 saturated heterocycles. The minimum atomic E-state index is -0.643. The van der Waals surface area contributed by atoms with Gasteiger partial charge in [-0.05, 0) is 55.5 Å². The van der Waals surface area contributed by atoms with E-state index in [2.05, 4.69) is 5.32 Å². The molecule has 0 spiro atoms. The molecule has 0 saturated carbocycles. The highest BCUT2D eigenvalue weighted by Crippen LogP contribution is 2.15. The van der Waals surface area contributed by atoms with E-state index in [-0.39, 0.29) is 18.7 Å². The van der Waals surface area contributed by atoms with Crippen LogP contribution in [0.5, 0.6) is 5.75 Å². The Labute approximate surface area is 191 Å². The van der Waals surface area contributed by atoms with Crippen LogP contribution in [-0.4, -0.2) is 30.2 Å². The van der Waals surface area contributed by atoms with E-state index in [0.29, 0.717) is 22.6 Å². The lowest BCUT2D eigenvalue weighted by Crippen LogP contribution is -2.17. The van der Waals surface area contributed by atoms with E-state index >= 15 is 0 Å². The van der Waals surface area contributed by atoms with Gasteiger partial charge in [-0.25, -0.2) is 4.79 Å². The normalized spacial score (nSPS) is 10.2. The van der Waals surface area contributed by atoms with E-state index in [1.807, 2.05) is 25.1 Å². The fourth-order valence-corrected chi connectivity index (χ4v) is 2.83. The maximum atomic E-state index is 12.3. The van der Waals surface area contributed by atoms with Crippen molar-refractivity contribution < 1.29 is 28.7 Å². The van der Waals surface area contributed by atoms with Crippen molar-refractivity contribution >= 4 is 29.3 Å². The number of para-hydroxylation sites is 1. The number of hydrogen-bond donors (Lipinski definition) is 1. The molecule has 0 aliphatic rings. The molecule has 0 unspecified atom stereocenters. The van der Waals surface area contributed by atoms with Crippen molar-refractivity contribution in [1.29, 1.82) is 0 Å². The van der Waals surface area contributed by atoms with Crippen molar-refractivity contribution in [3.8, 4) is 5.75 Å². The van der Waals surface area contributed by atoms with Crippen molar-refractivity contribution in [1.82, 2.24) is 0 Å². The van der Waals surface area contributed by atoms with Crippen molar-refractivity contribution in [2.45, 2.75) is 19.8 Å². The number of rotatable bonds is 9. The van der Waals surface area contributed by atoms with Crippen LogP contribution in [0.3, 0.4) is 0 Å². The van der Waals surface area contributed by atoms with Gasteiger partial charge < -0.3 is 14.8 Å². The van der Waals surface area contributed by atoms with Gasteiger partial charge in [0.25, 0.3) is 0 Å². The summed E-state index contributed by atoms with van der Waals surface area (Å²) in [6.07, 6.45) is -0.192. The van der Waals surface area contributed by atoms with Crippen LogP contribution in [0, 0.1) is 6.92 Å². The van der Waals surface area contributed by atoms with E-state index in [0.717, 1.165) is 5.56 Å². The second-order valence-corrected chi connectivity index (χ2v) is 7.28. The molecule has 0 bridgehead atoms. The molecule has 0 radical (unpaired) electrons. The molecule has 0 aromatic heterocycles. The lowest BCUT2D eigenvalue weighted by molar-refractivity contribution is -0.143. The topological polar surface area (TPSA) is 98.8 Å². The number of Topliss-reactive ketones (excluding diaryl/α,β-unsaturated/α-hetero) is 1. The van der Waals surface area contributed by atoms with Crippen molar-refractivity contribution in [3.05, 3.63) is 95.6 Å². The molecule has 3 aromatic carbocycles. The maximum absolute atomic E-state index is 12.3. The Hall–Kier alpha value is -4.26. The van der Waals surface area contributed by atoms with Crippen LogP contribution in [0.15, 0.2) is 78.9 Å². The summed E-state index contributed by atoms with van der Waals surface area (Å²) in [4.78, 5) is 48.1. The summed E-state index contributed by atoms with van der Waals surface area (Å²) in [5, 5.41) is 2.67. The van der Waals surface area contributed by atoms with Crippen LogP contribution in [0.2, 0.25) is 0 Å². The van der Waals surface area contributed by atoms with Gasteiger partial charge in [0.2, 0.25) is 5.91 Å². The third-order valence-electron chi connectivity index (χ3n) is 4.65. The first-order chi connectivity index (χ1) is 15.9. The molecule has 1 amide bonds. The Kier molecular flexibility index (Phi) is 8.07. The fourth-order valence-electron chi connectivity index (χ4n) is 2.83. The third-order valence-corrected chi connectivity index (χ3v) is 4.65. The summed E-state index contributed by atoms with van der Waals surface area (Å²) in [6, 6.07) is 21.8. The smallest absolute Gasteiger partial charge is 0.343 e. The monoisotopic (exact) mass is 445 g/mol. The molecule has 3 aromatic rings. The molecular formula is C26H23NO6. The largest absolute Gasteiger partial charge is 0.457 e. The van der Waals surface area contributed by atoms with Gasteiger partial charge in [0.15, 0.2) is 12.4 Å². The van der Waals surface area contributed by atoms with Crippen LogP contribution in [0.1, 0.15) is 39.1 Å². The average Bonchev–Trinajstić information content (AvgIpc) is 2.82. The number of aryl methyl sites for hydroxylation is 1. The number of hydrogen-bond acceptors (Lipinski definition) is 6. The zero-order chi connectivity index (χ0) is 23.6. The number of ether oxygens (including phenoxy) is 2. The second-order valence-electron chi connectivity index (χ2n) is 7.28. The lowest BCUT2D eigenvalue weighted by atomic mass is 10.1. The van der Waals surface area contributed by atoms with Gasteiger partial charge in [0.1, 0.15) is 5.75 Å². The summed E-state index contributed by atoms with van der Waals surface area (Å²) in [6.45, 7) is 1.48. The molecule has 1 N–H and O–H groups in total. The van der Waals surface area contributed by atoms with E-state index in [1.54, 1.807) is 36.4 Å². The van der Waals surface area contributed by atoms with Crippen LogP contribution < -0.4 is 10.1 Å². The first-order valence-corrected chi connectivity index (χ1v) is 10.3. The van der Waals surface area contributed by atoms with Gasteiger partial charge in [0.05, 0.1) is 12.0 Å². The van der Waals surface area contributed by atoms with Gasteiger partial charge in [0, 0.05) is 17.7 Å². The maximum Gasteiger partial charge on any atom is 0.343 e. The zero-order valence-electron chi connectivity index (χ0n) is 18.1. The molecule has 0 aliphatic heterocycles. The summed E-state index contributed by atoms with van der Waals surface area (Å²) in [5.41, 5.74) is 2.40. The first kappa shape index (κ1) is 23.4. The molecule has 0 fully saturated rings. The number of benzene rings is 3. The Morgan fingerprint density at radius 3 is 2.06 bits per heavy atom. The van der Waals surface area contributed by atoms with E-state index in [4.69, 9.17) is 9.47 Å². The third kappa shape index (κ3) is 7.43. The fraction of sp³-hybridized carbons (Fsp3) is 0.154. The van der Waals surface area contributed by atoms with Gasteiger partial charge >= 0.3 is 11.9 Å². The number of carbonyl (C=O) groups excluding carboxylic acids is 4. The highest BCUT2D eigenvalue weighted by molar-refractivity contribution is 5.98. The number of amides is 1. The number of carbonyl (C=O) groups is 4. The van der Waals surface area contributed by atoms with E-state index in [9.17, 15) is 19.2 Å². The Morgan fingerprint density at radius 2 is 1.39 bits per heavy atom. The number of ketones is 1. The van der Waals surface area contributed by atoms with Gasteiger partial charge in [-0.1, -0.05) is 35.9 Å². The predicted octanol–water partition coefficient (Wildman–Crippen LogP) is 4.36. The first-order valence-electron chi connectivity index (χ1n) is 10.3. The molecule has 0 heterocycles. The van der Waals surface area contributed by atoms with Crippen molar-refractivity contribution in [2.75, 3.05) is 11.9 Å². The molecular weight excluding hydrogens is 422 g/mol. The highest BCUT2D eigenvalue weighted by Gasteiger charge is 2.13. The molecule has 7 nitrogen and oxygen atoms in total. The number of nitrogens with one attached hydrogen (secondary N) is 1. The van der Waals surface area contributed by atoms with Crippen LogP contribution in [0.4, 0.5) is 5.69 Å². The number of esters is 2. The zero-order valence-corrected chi connectivity index (χ0v) is 18.1. The van der Waals surface area contributed by atoms with Crippen LogP contribution in [-0.2, 0) is 14.3 Å². The summed E-state index contributed by atoms with van der Waals surface area (Å²) in [5.74, 6) is -1.58. The van der Waals surface area contributed by atoms with Crippen LogP contribution >= 0.6 is 0 Å². The molecule has 168 valence electrons. The average molecular weight is 445 g/mol. The lowest BCUT2D eigenvalue weighted by Gasteiger charge is -2.07. The van der Waals surface area contributed by atoms with Crippen molar-refractivity contribution in [2.24, 2.45) is 0 Å². The predicted molar refractivity (Wildman–Crippen MR) is 122 cm³/mol. The molecule has 0 aliphatic carbocycles. The summed E-state index contributed by atoms with van der Waals surface area (Å²) in [7, 11) is 0. The molecule has 3 rings (SSSR count). The van der Waals surface area contributed by atoms with E-state index < -0.39 is 24.3 Å².